The number of aliphatic hydroxyl groups excluding tert-OH is 1. The maximum Gasteiger partial charge on any atom is 0.307 e. The molecule has 1 rings (SSSR count). The van der Waals surface area contributed by atoms with Gasteiger partial charge in [0, 0.05) is 42.6 Å². The molecule has 278 valence electrons. The third-order valence-corrected chi connectivity index (χ3v) is 13.0. The molecule has 0 amide bonds. The first kappa shape index (κ1) is 45.5. The lowest BCUT2D eigenvalue weighted by atomic mass is 10.1. The van der Waals surface area contributed by atoms with Crippen LogP contribution in [0.4, 0.5) is 0 Å². The van der Waals surface area contributed by atoms with Gasteiger partial charge in [0.2, 0.25) is 0 Å². The third-order valence-electron chi connectivity index (χ3n) is 8.07. The minimum atomic E-state index is -0.706. The molecular weight excluding hydrogens is 679 g/mol. The van der Waals surface area contributed by atoms with Crippen LogP contribution in [0.3, 0.4) is 0 Å². The predicted molar refractivity (Wildman–Crippen MR) is 214 cm³/mol. The summed E-state index contributed by atoms with van der Waals surface area (Å²) in [5, 5.41) is 10.8. The Balaban J connectivity index is 2.20. The Kier molecular flexibility index (Phi) is 33.1. The van der Waals surface area contributed by atoms with Crippen molar-refractivity contribution in [2.45, 2.75) is 136 Å². The number of hydrogen-bond donors (Lipinski definition) is 1. The third kappa shape index (κ3) is 29.2. The predicted octanol–water partition coefficient (Wildman–Crippen LogP) is 10.9. The Bertz CT molecular complexity index is 821. The van der Waals surface area contributed by atoms with E-state index in [2.05, 4.69) is 13.8 Å². The maximum atomic E-state index is 12.5. The highest BCUT2D eigenvalue weighted by molar-refractivity contribution is 8.77. The second-order valence-electron chi connectivity index (χ2n) is 12.4. The first-order valence-electron chi connectivity index (χ1n) is 18.8. The number of carbonyl (C=O) groups is 2. The molecule has 1 unspecified atom stereocenters. The van der Waals surface area contributed by atoms with Crippen LogP contribution in [0.1, 0.15) is 141 Å². The average Bonchev–Trinajstić information content (AvgIpc) is 3.10. The van der Waals surface area contributed by atoms with Crippen molar-refractivity contribution in [1.29, 1.82) is 0 Å². The number of hydrogen-bond acceptors (Lipinski definition) is 10. The Morgan fingerprint density at radius 2 is 1.00 bits per heavy atom. The van der Waals surface area contributed by atoms with Gasteiger partial charge in [0.05, 0.1) is 18.9 Å². The zero-order valence-electron chi connectivity index (χ0n) is 30.2. The highest BCUT2D eigenvalue weighted by atomic mass is 33.1. The lowest BCUT2D eigenvalue weighted by molar-refractivity contribution is -0.143. The molecule has 48 heavy (non-hydrogen) atoms. The van der Waals surface area contributed by atoms with E-state index in [4.69, 9.17) is 9.47 Å². The summed E-state index contributed by atoms with van der Waals surface area (Å²) in [6.45, 7) is 6.49. The van der Waals surface area contributed by atoms with Gasteiger partial charge >= 0.3 is 11.9 Å². The molecule has 0 aliphatic heterocycles. The minimum absolute atomic E-state index is 0.222. The minimum Gasteiger partial charge on any atom is -0.465 e. The topological polar surface area (TPSA) is 76.1 Å². The van der Waals surface area contributed by atoms with Crippen LogP contribution in [-0.4, -0.2) is 77.8 Å². The number of nitrogens with zero attached hydrogens (tertiary/aromatic N) is 1. The molecular formula is C38H67NO5S4. The number of benzene rings is 1. The summed E-state index contributed by atoms with van der Waals surface area (Å²) >= 11 is 0. The number of aliphatic hydroxyl groups is 1. The summed E-state index contributed by atoms with van der Waals surface area (Å²) in [4.78, 5) is 26.9. The van der Waals surface area contributed by atoms with Crippen molar-refractivity contribution in [3.63, 3.8) is 0 Å². The number of rotatable bonds is 35. The molecule has 0 aromatic heterocycles. The molecule has 1 aromatic rings. The largest absolute Gasteiger partial charge is 0.465 e. The van der Waals surface area contributed by atoms with Gasteiger partial charge in [-0.15, -0.1) is 0 Å². The highest BCUT2D eigenvalue weighted by Crippen LogP contribution is 2.24. The van der Waals surface area contributed by atoms with E-state index in [-0.39, 0.29) is 24.8 Å². The Morgan fingerprint density at radius 3 is 1.44 bits per heavy atom. The van der Waals surface area contributed by atoms with Gasteiger partial charge in [-0.3, -0.25) is 14.5 Å². The molecule has 1 N–H and O–H groups in total. The molecule has 6 nitrogen and oxygen atoms in total. The van der Waals surface area contributed by atoms with Gasteiger partial charge in [-0.05, 0) is 18.4 Å². The molecule has 0 aliphatic rings. The summed E-state index contributed by atoms with van der Waals surface area (Å²) in [5.41, 5.74) is 0.815. The molecule has 0 bridgehead atoms. The fourth-order valence-corrected chi connectivity index (χ4v) is 9.11. The number of ether oxygens (including phenoxy) is 2. The van der Waals surface area contributed by atoms with Crippen molar-refractivity contribution in [3.8, 4) is 0 Å². The quantitative estimate of drug-likeness (QED) is 0.0412. The van der Waals surface area contributed by atoms with Gasteiger partial charge in [0.15, 0.2) is 0 Å². The van der Waals surface area contributed by atoms with Gasteiger partial charge in [-0.2, -0.15) is 0 Å². The Hall–Kier alpha value is -0.520. The molecule has 0 radical (unpaired) electrons. The number of carbonyl (C=O) groups excluding carboxylic acids is 2. The van der Waals surface area contributed by atoms with Gasteiger partial charge in [-0.1, -0.05) is 177 Å². The zero-order valence-corrected chi connectivity index (χ0v) is 33.5. The molecule has 0 fully saturated rings. The lowest BCUT2D eigenvalue weighted by Crippen LogP contribution is -2.33. The van der Waals surface area contributed by atoms with Crippen LogP contribution in [0.2, 0.25) is 0 Å². The van der Waals surface area contributed by atoms with Gasteiger partial charge < -0.3 is 14.6 Å². The van der Waals surface area contributed by atoms with Crippen molar-refractivity contribution in [2.75, 3.05) is 55.9 Å². The van der Waals surface area contributed by atoms with E-state index in [1.165, 1.54) is 103 Å². The summed E-state index contributed by atoms with van der Waals surface area (Å²) in [7, 11) is 7.28. The summed E-state index contributed by atoms with van der Waals surface area (Å²) in [6.07, 6.45) is 21.1. The van der Waals surface area contributed by atoms with Gasteiger partial charge in [-0.25, -0.2) is 0 Å². The zero-order chi connectivity index (χ0) is 34.8. The lowest BCUT2D eigenvalue weighted by Gasteiger charge is -2.24. The standard InChI is InChI=1S/C38H67NO5S4/c1-3-5-7-9-11-13-15-20-30-45-47-32-28-43-37(41)24-26-39(34-36(40)35-22-18-17-19-23-35)27-25-38(42)44-29-33-48-46-31-21-16-14-12-10-8-6-4-2/h17-19,22-23,36,40H,3-16,20-21,24-34H2,1-2H3. The van der Waals surface area contributed by atoms with Crippen LogP contribution in [0.15, 0.2) is 30.3 Å². The summed E-state index contributed by atoms with van der Waals surface area (Å²) in [6, 6.07) is 9.49. The molecule has 0 saturated heterocycles. The molecule has 1 aromatic carbocycles. The molecule has 0 saturated carbocycles. The number of unbranched alkanes of at least 4 members (excludes halogenated alkanes) is 14. The Morgan fingerprint density at radius 1 is 0.604 bits per heavy atom. The second kappa shape index (κ2) is 34.9. The summed E-state index contributed by atoms with van der Waals surface area (Å²) in [5.74, 6) is 3.37. The van der Waals surface area contributed by atoms with Crippen molar-refractivity contribution in [2.24, 2.45) is 0 Å². The smallest absolute Gasteiger partial charge is 0.307 e. The summed E-state index contributed by atoms with van der Waals surface area (Å²) < 4.78 is 10.9. The SMILES string of the molecule is CCCCCCCCCCSSCCOC(=O)CCN(CCC(=O)OCCSSCCCCCCCCCC)CC(O)c1ccccc1. The fourth-order valence-electron chi connectivity index (χ4n) is 5.17. The van der Waals surface area contributed by atoms with E-state index in [1.807, 2.05) is 56.8 Å². The van der Waals surface area contributed by atoms with Crippen LogP contribution in [0, 0.1) is 0 Å². The fraction of sp³-hybridized carbons (Fsp3) is 0.789. The van der Waals surface area contributed by atoms with E-state index in [0.717, 1.165) is 28.6 Å². The molecule has 0 aliphatic carbocycles. The number of esters is 2. The van der Waals surface area contributed by atoms with E-state index in [9.17, 15) is 14.7 Å². The van der Waals surface area contributed by atoms with Crippen LogP contribution in [0.25, 0.3) is 0 Å². The maximum absolute atomic E-state index is 12.5. The van der Waals surface area contributed by atoms with Crippen LogP contribution in [-0.2, 0) is 19.1 Å². The molecule has 0 heterocycles. The van der Waals surface area contributed by atoms with Crippen molar-refractivity contribution >= 4 is 55.1 Å². The first-order chi connectivity index (χ1) is 23.6. The molecule has 0 spiro atoms. The van der Waals surface area contributed by atoms with Gasteiger partial charge in [0.25, 0.3) is 0 Å². The van der Waals surface area contributed by atoms with Gasteiger partial charge in [0.1, 0.15) is 13.2 Å². The van der Waals surface area contributed by atoms with E-state index in [0.29, 0.717) is 32.8 Å². The molecule has 1 atom stereocenters. The van der Waals surface area contributed by atoms with Crippen molar-refractivity contribution < 1.29 is 24.2 Å². The highest BCUT2D eigenvalue weighted by Gasteiger charge is 2.17. The van der Waals surface area contributed by atoms with E-state index in [1.54, 1.807) is 21.6 Å². The molecule has 10 heteroatoms. The second-order valence-corrected chi connectivity index (χ2v) is 17.8. The first-order valence-corrected chi connectivity index (χ1v) is 23.8. The average molecular weight is 746 g/mol. The van der Waals surface area contributed by atoms with E-state index < -0.39 is 6.10 Å². The Labute approximate surface area is 310 Å². The normalized spacial score (nSPS) is 12.0. The van der Waals surface area contributed by atoms with Crippen LogP contribution in [0.5, 0.6) is 0 Å². The monoisotopic (exact) mass is 745 g/mol. The van der Waals surface area contributed by atoms with Crippen LogP contribution < -0.4 is 0 Å². The van der Waals surface area contributed by atoms with Crippen molar-refractivity contribution in [1.82, 2.24) is 4.90 Å². The van der Waals surface area contributed by atoms with E-state index >= 15 is 0 Å². The van der Waals surface area contributed by atoms with Crippen molar-refractivity contribution in [3.05, 3.63) is 35.9 Å². The van der Waals surface area contributed by atoms with Crippen LogP contribution >= 0.6 is 43.2 Å².